The summed E-state index contributed by atoms with van der Waals surface area (Å²) in [6, 6.07) is -0.423. The fourth-order valence-electron chi connectivity index (χ4n) is 4.34. The highest BCUT2D eigenvalue weighted by molar-refractivity contribution is 14.1. The van der Waals surface area contributed by atoms with Crippen molar-refractivity contribution in [2.75, 3.05) is 33.1 Å². The van der Waals surface area contributed by atoms with Crippen LogP contribution < -0.4 is 10.2 Å². The summed E-state index contributed by atoms with van der Waals surface area (Å²) in [4.78, 5) is 28.4. The van der Waals surface area contributed by atoms with Gasteiger partial charge in [-0.25, -0.2) is 0 Å². The second kappa shape index (κ2) is 9.03. The van der Waals surface area contributed by atoms with E-state index in [-0.39, 0.29) is 47.8 Å². The molecule has 1 aromatic heterocycles. The molecule has 29 heavy (non-hydrogen) atoms. The van der Waals surface area contributed by atoms with Crippen molar-refractivity contribution in [1.82, 2.24) is 9.47 Å². The van der Waals surface area contributed by atoms with Gasteiger partial charge in [-0.15, -0.1) is 0 Å². The Hall–Kier alpha value is -0.980. The molecular weight excluding hydrogens is 511 g/mol. The molecule has 8 nitrogen and oxygen atoms in total. The number of halogens is 1. The van der Waals surface area contributed by atoms with Gasteiger partial charge in [-0.05, 0) is 61.4 Å². The molecule has 10 heteroatoms. The molecule has 0 bridgehead atoms. The lowest BCUT2D eigenvalue weighted by molar-refractivity contribution is 0.0964. The van der Waals surface area contributed by atoms with Gasteiger partial charge >= 0.3 is 0 Å². The third kappa shape index (κ3) is 4.54. The number of ether oxygens (including phenoxy) is 1. The minimum Gasteiger partial charge on any atom is -0.491 e. The molecule has 0 radical (unpaired) electrons. The fourth-order valence-corrected chi connectivity index (χ4v) is 5.60. The molecule has 162 valence electrons. The number of methoxy groups -OCH3 is 1. The second-order valence-electron chi connectivity index (χ2n) is 7.59. The van der Waals surface area contributed by atoms with Crippen LogP contribution in [0.25, 0.3) is 0 Å². The molecule has 0 aromatic carbocycles. The molecule has 2 aliphatic rings. The topological polar surface area (TPSA) is 94.9 Å². The van der Waals surface area contributed by atoms with Gasteiger partial charge in [0.05, 0.1) is 41.3 Å². The highest BCUT2D eigenvalue weighted by Gasteiger charge is 2.41. The number of aromatic nitrogens is 1. The predicted octanol–water partition coefficient (Wildman–Crippen LogP) is 2.50. The van der Waals surface area contributed by atoms with Crippen molar-refractivity contribution in [2.24, 2.45) is 0 Å². The van der Waals surface area contributed by atoms with E-state index < -0.39 is 10.1 Å². The van der Waals surface area contributed by atoms with Crippen LogP contribution in [0, 0.1) is 3.57 Å². The van der Waals surface area contributed by atoms with Crippen molar-refractivity contribution in [1.29, 1.82) is 0 Å². The van der Waals surface area contributed by atoms with Gasteiger partial charge in [0.2, 0.25) is 5.43 Å². The van der Waals surface area contributed by atoms with Crippen LogP contribution in [-0.2, 0) is 14.3 Å². The Morgan fingerprint density at radius 3 is 2.48 bits per heavy atom. The van der Waals surface area contributed by atoms with Gasteiger partial charge in [-0.3, -0.25) is 18.7 Å². The Kier molecular flexibility index (Phi) is 7.06. The number of fused-ring (bicyclic) bond motifs is 1. The Balaban J connectivity index is 2.21. The number of hydrogen-bond acceptors (Lipinski definition) is 7. The molecule has 2 aliphatic heterocycles. The van der Waals surface area contributed by atoms with Crippen molar-refractivity contribution in [2.45, 2.75) is 51.1 Å². The lowest BCUT2D eigenvalue weighted by Crippen LogP contribution is -2.29. The van der Waals surface area contributed by atoms with E-state index in [1.807, 2.05) is 34.1 Å². The van der Waals surface area contributed by atoms with Crippen LogP contribution in [0.1, 0.15) is 67.3 Å². The van der Waals surface area contributed by atoms with Crippen LogP contribution in [0.2, 0.25) is 0 Å². The Bertz CT molecular complexity index is 952. The summed E-state index contributed by atoms with van der Waals surface area (Å²) in [6.07, 6.45) is 4.69. The van der Waals surface area contributed by atoms with E-state index in [9.17, 15) is 18.0 Å². The van der Waals surface area contributed by atoms with Gasteiger partial charge < -0.3 is 9.30 Å². The average Bonchev–Trinajstić information content (AvgIpc) is 3.30. The molecule has 0 N–H and O–H groups in total. The zero-order valence-electron chi connectivity index (χ0n) is 16.9. The first-order valence-electron chi connectivity index (χ1n) is 9.83. The molecule has 1 aromatic rings. The van der Waals surface area contributed by atoms with Gasteiger partial charge in [0.1, 0.15) is 5.69 Å². The summed E-state index contributed by atoms with van der Waals surface area (Å²) >= 11 is 2.03. The summed E-state index contributed by atoms with van der Waals surface area (Å²) in [6.45, 7) is 3.65. The number of pyridine rings is 1. The first-order chi connectivity index (χ1) is 13.7. The van der Waals surface area contributed by atoms with E-state index in [0.717, 1.165) is 37.9 Å². The molecule has 0 saturated carbocycles. The first kappa shape index (κ1) is 22.7. The lowest BCUT2D eigenvalue weighted by atomic mass is 10.1. The second-order valence-corrected chi connectivity index (χ2v) is 10.3. The van der Waals surface area contributed by atoms with Gasteiger partial charge in [-0.2, -0.15) is 8.42 Å². The minimum atomic E-state index is -3.63. The maximum atomic E-state index is 13.0. The fraction of sp³-hybridized carbons (Fsp3) is 0.684. The molecule has 0 unspecified atom stereocenters. The van der Waals surface area contributed by atoms with E-state index in [1.165, 1.54) is 7.11 Å². The van der Waals surface area contributed by atoms with Crippen LogP contribution in [-0.4, -0.2) is 56.7 Å². The summed E-state index contributed by atoms with van der Waals surface area (Å²) in [5.41, 5.74) is 0.728. The Labute approximate surface area is 184 Å². The summed E-state index contributed by atoms with van der Waals surface area (Å²) in [5.74, 6) is -0.145. The predicted molar refractivity (Wildman–Crippen MR) is 117 cm³/mol. The number of rotatable bonds is 8. The summed E-state index contributed by atoms with van der Waals surface area (Å²) < 4.78 is 36.1. The molecule has 3 heterocycles. The molecule has 0 spiro atoms. The number of likely N-dealkylation sites (tertiary alicyclic amines) is 1. The van der Waals surface area contributed by atoms with Crippen LogP contribution in [0.4, 0.5) is 0 Å². The van der Waals surface area contributed by atoms with E-state index in [4.69, 9.17) is 8.92 Å². The maximum Gasteiger partial charge on any atom is 0.264 e. The summed E-state index contributed by atoms with van der Waals surface area (Å²) in [5, 5.41) is 0. The minimum absolute atomic E-state index is 0.0306. The van der Waals surface area contributed by atoms with Crippen LogP contribution >= 0.6 is 22.6 Å². The van der Waals surface area contributed by atoms with E-state index in [0.29, 0.717) is 16.4 Å². The molecule has 3 rings (SSSR count). The Morgan fingerprint density at radius 2 is 1.93 bits per heavy atom. The van der Waals surface area contributed by atoms with Crippen molar-refractivity contribution in [3.05, 3.63) is 25.2 Å². The van der Waals surface area contributed by atoms with Crippen LogP contribution in [0.3, 0.4) is 0 Å². The van der Waals surface area contributed by atoms with E-state index in [1.54, 1.807) is 0 Å². The molecule has 1 fully saturated rings. The third-order valence-electron chi connectivity index (χ3n) is 5.52. The average molecular weight is 538 g/mol. The first-order valence-corrected chi connectivity index (χ1v) is 12.7. The number of nitrogens with zero attached hydrogens (tertiary/aromatic N) is 2. The summed E-state index contributed by atoms with van der Waals surface area (Å²) in [7, 11) is -2.25. The van der Waals surface area contributed by atoms with Crippen molar-refractivity contribution in [3.8, 4) is 5.75 Å². The number of Topliss-reactive ketones (excluding diaryl/α,β-unsaturated/α-hetero) is 1. The smallest absolute Gasteiger partial charge is 0.264 e. The number of carbonyl (C=O) groups excluding carboxylic acids is 1. The van der Waals surface area contributed by atoms with Gasteiger partial charge in [0.15, 0.2) is 11.5 Å². The lowest BCUT2D eigenvalue weighted by Gasteiger charge is -2.25. The van der Waals surface area contributed by atoms with Crippen molar-refractivity contribution in [3.63, 3.8) is 0 Å². The zero-order valence-corrected chi connectivity index (χ0v) is 19.9. The molecule has 2 atom stereocenters. The molecular formula is C19H27IN2O6S. The van der Waals surface area contributed by atoms with Crippen LogP contribution in [0.15, 0.2) is 4.79 Å². The van der Waals surface area contributed by atoms with Crippen molar-refractivity contribution < 1.29 is 22.1 Å². The maximum absolute atomic E-state index is 13.0. The number of hydrogen-bond donors (Lipinski definition) is 0. The quantitative estimate of drug-likeness (QED) is 0.285. The largest absolute Gasteiger partial charge is 0.491 e. The van der Waals surface area contributed by atoms with Gasteiger partial charge in [0.25, 0.3) is 10.1 Å². The standard InChI is InChI=1S/C19H27IN2O6S/c1-4-7-14(23)17-19(27-2)18(24)15(20)16-13(21-8-5-6-9-21)10-12(22(16)17)11-28-29(3,25)26/h12-13H,4-11H2,1-3H3/t12-,13+/m0/s1. The normalized spacial score (nSPS) is 22.1. The highest BCUT2D eigenvalue weighted by Crippen LogP contribution is 2.44. The van der Waals surface area contributed by atoms with Gasteiger partial charge in [0, 0.05) is 6.42 Å². The molecule has 0 amide bonds. The Morgan fingerprint density at radius 1 is 1.28 bits per heavy atom. The van der Waals surface area contributed by atoms with Crippen molar-refractivity contribution >= 4 is 38.5 Å². The van der Waals surface area contributed by atoms with E-state index in [2.05, 4.69) is 4.90 Å². The third-order valence-corrected chi connectivity index (χ3v) is 7.13. The monoisotopic (exact) mass is 538 g/mol. The number of carbonyl (C=O) groups is 1. The highest BCUT2D eigenvalue weighted by atomic mass is 127. The SMILES string of the molecule is CCCC(=O)c1c(OC)c(=O)c(I)c2n1[C@H](COS(C)(=O)=O)C[C@H]2N1CCCC1. The zero-order chi connectivity index (χ0) is 21.3. The van der Waals surface area contributed by atoms with E-state index >= 15 is 0 Å². The number of ketones is 1. The van der Waals surface area contributed by atoms with Gasteiger partial charge in [-0.1, -0.05) is 6.92 Å². The molecule has 1 saturated heterocycles. The molecule has 0 aliphatic carbocycles. The van der Waals surface area contributed by atoms with Crippen LogP contribution in [0.5, 0.6) is 5.75 Å².